The van der Waals surface area contributed by atoms with E-state index in [1.807, 2.05) is 0 Å². The molecule has 0 atom stereocenters. The van der Waals surface area contributed by atoms with Crippen molar-refractivity contribution in [3.8, 4) is 0 Å². The van der Waals surface area contributed by atoms with Crippen molar-refractivity contribution in [3.05, 3.63) is 0 Å². The molecule has 0 saturated heterocycles. The molecule has 0 aliphatic heterocycles. The summed E-state index contributed by atoms with van der Waals surface area (Å²) in [6, 6.07) is 0. The van der Waals surface area contributed by atoms with Gasteiger partial charge >= 0.3 is 0 Å². The van der Waals surface area contributed by atoms with Crippen molar-refractivity contribution in [1.82, 2.24) is 0 Å². The molecule has 19 heavy (non-hydrogen) atoms. The molecule has 0 bridgehead atoms. The van der Waals surface area contributed by atoms with Gasteiger partial charge in [-0.3, -0.25) is 11.7 Å². The van der Waals surface area contributed by atoms with Crippen molar-refractivity contribution < 1.29 is 0 Å². The highest BCUT2D eigenvalue weighted by molar-refractivity contribution is 4.50. The van der Waals surface area contributed by atoms with Crippen molar-refractivity contribution in [2.75, 3.05) is 0 Å². The van der Waals surface area contributed by atoms with Crippen LogP contribution in [-0.2, 0) is 0 Å². The van der Waals surface area contributed by atoms with Crippen LogP contribution in [0.1, 0.15) is 104 Å². The van der Waals surface area contributed by atoms with E-state index < -0.39 is 0 Å². The molecule has 0 rings (SSSR count). The number of rotatable bonds is 13. The second kappa shape index (κ2) is 20.2. The van der Waals surface area contributed by atoms with Crippen LogP contribution in [0.4, 0.5) is 0 Å². The minimum absolute atomic E-state index is 0.901. The summed E-state index contributed by atoms with van der Waals surface area (Å²) in [5.74, 6) is 8.90. The number of hydrazine groups is 1. The van der Waals surface area contributed by atoms with Crippen LogP contribution in [0.5, 0.6) is 0 Å². The first-order chi connectivity index (χ1) is 9.27. The molecule has 118 valence electrons. The van der Waals surface area contributed by atoms with E-state index in [0.29, 0.717) is 0 Å². The zero-order chi connectivity index (χ0) is 14.8. The van der Waals surface area contributed by atoms with E-state index in [4.69, 9.17) is 0 Å². The molecule has 4 N–H and O–H groups in total. The molecule has 2 nitrogen and oxygen atoms in total. The van der Waals surface area contributed by atoms with E-state index in [9.17, 15) is 0 Å². The second-order valence-electron chi connectivity index (χ2n) is 6.07. The van der Waals surface area contributed by atoms with Crippen LogP contribution in [-0.4, -0.2) is 0 Å². The predicted octanol–water partition coefficient (Wildman–Crippen LogP) is 5.55. The van der Waals surface area contributed by atoms with Crippen molar-refractivity contribution in [2.24, 2.45) is 17.6 Å². The van der Waals surface area contributed by atoms with Gasteiger partial charge in [-0.25, -0.2) is 0 Å². The van der Waals surface area contributed by atoms with Crippen molar-refractivity contribution in [3.63, 3.8) is 0 Å². The van der Waals surface area contributed by atoms with Gasteiger partial charge in [-0.2, -0.15) is 0 Å². The highest BCUT2D eigenvalue weighted by atomic mass is 15.0. The molecule has 0 fully saturated rings. The van der Waals surface area contributed by atoms with Gasteiger partial charge in [0.25, 0.3) is 0 Å². The monoisotopic (exact) mass is 272 g/mol. The number of nitrogens with two attached hydrogens (primary N) is 2. The van der Waals surface area contributed by atoms with Gasteiger partial charge in [0, 0.05) is 0 Å². The Labute approximate surface area is 122 Å². The zero-order valence-corrected chi connectivity index (χ0v) is 13.9. The molecule has 0 heterocycles. The first kappa shape index (κ1) is 21.2. The summed E-state index contributed by atoms with van der Waals surface area (Å²) in [4.78, 5) is 0. The van der Waals surface area contributed by atoms with E-state index in [2.05, 4.69) is 32.5 Å². The van der Waals surface area contributed by atoms with Crippen LogP contribution in [0.15, 0.2) is 0 Å². The van der Waals surface area contributed by atoms with Gasteiger partial charge in [0.15, 0.2) is 0 Å². The molecule has 0 aromatic heterocycles. The third-order valence-electron chi connectivity index (χ3n) is 3.64. The molecule has 0 aliphatic carbocycles. The summed E-state index contributed by atoms with van der Waals surface area (Å²) >= 11 is 0. The van der Waals surface area contributed by atoms with E-state index in [0.717, 1.165) is 5.92 Å². The summed E-state index contributed by atoms with van der Waals surface area (Å²) in [7, 11) is 0. The smallest absolute Gasteiger partial charge is 0.0471 e. The van der Waals surface area contributed by atoms with Crippen molar-refractivity contribution in [1.29, 1.82) is 0 Å². The molecule has 0 radical (unpaired) electrons. The summed E-state index contributed by atoms with van der Waals surface area (Å²) < 4.78 is 0. The minimum Gasteiger partial charge on any atom is -0.274 e. The van der Waals surface area contributed by atoms with Crippen LogP contribution in [0.3, 0.4) is 0 Å². The Morgan fingerprint density at radius 2 is 0.895 bits per heavy atom. The zero-order valence-electron chi connectivity index (χ0n) is 13.9. The summed E-state index contributed by atoms with van der Waals surface area (Å²) in [5.41, 5.74) is 0. The fourth-order valence-corrected chi connectivity index (χ4v) is 2.39. The molecule has 0 unspecified atom stereocenters. The topological polar surface area (TPSA) is 52.0 Å². The third-order valence-corrected chi connectivity index (χ3v) is 3.64. The predicted molar refractivity (Wildman–Crippen MR) is 88.9 cm³/mol. The van der Waals surface area contributed by atoms with Gasteiger partial charge in [0.2, 0.25) is 0 Å². The molecular weight excluding hydrogens is 232 g/mol. The first-order valence-corrected chi connectivity index (χ1v) is 8.60. The number of hydrogen-bond acceptors (Lipinski definition) is 2. The van der Waals surface area contributed by atoms with Crippen LogP contribution in [0.25, 0.3) is 0 Å². The lowest BCUT2D eigenvalue weighted by molar-refractivity contribution is 0.503. The number of unbranched alkanes of at least 4 members (excludes halogenated alkanes) is 11. The molecule has 0 aliphatic rings. The summed E-state index contributed by atoms with van der Waals surface area (Å²) in [6.07, 6.45) is 19.0. The Morgan fingerprint density at radius 3 is 1.21 bits per heavy atom. The normalized spacial score (nSPS) is 10.4. The van der Waals surface area contributed by atoms with Crippen molar-refractivity contribution in [2.45, 2.75) is 104 Å². The molecule has 2 heteroatoms. The maximum absolute atomic E-state index is 4.00. The Morgan fingerprint density at radius 1 is 0.579 bits per heavy atom. The third kappa shape index (κ3) is 23.4. The van der Waals surface area contributed by atoms with E-state index in [-0.39, 0.29) is 0 Å². The highest BCUT2D eigenvalue weighted by Gasteiger charge is 1.95. The standard InChI is InChI=1S/C17H36.H4N2/c1-4-5-6-7-8-9-10-11-12-13-14-15-16-17(2)3;1-2/h17H,4-16H2,1-3H3;1-2H2. The van der Waals surface area contributed by atoms with Gasteiger partial charge in [-0.05, 0) is 5.92 Å². The average molecular weight is 273 g/mol. The second-order valence-corrected chi connectivity index (χ2v) is 6.07. The molecule has 0 aromatic carbocycles. The van der Waals surface area contributed by atoms with Crippen LogP contribution in [0, 0.1) is 5.92 Å². The first-order valence-electron chi connectivity index (χ1n) is 8.60. The fourth-order valence-electron chi connectivity index (χ4n) is 2.39. The maximum atomic E-state index is 4.00. The van der Waals surface area contributed by atoms with Gasteiger partial charge in [-0.15, -0.1) is 0 Å². The number of hydrogen-bond donors (Lipinski definition) is 2. The van der Waals surface area contributed by atoms with Crippen LogP contribution in [0.2, 0.25) is 0 Å². The van der Waals surface area contributed by atoms with Gasteiger partial charge in [0.1, 0.15) is 0 Å². The van der Waals surface area contributed by atoms with Gasteiger partial charge < -0.3 is 0 Å². The van der Waals surface area contributed by atoms with E-state index in [1.165, 1.54) is 83.5 Å². The quantitative estimate of drug-likeness (QED) is 0.262. The maximum Gasteiger partial charge on any atom is -0.0471 e. The molecule has 0 spiro atoms. The largest absolute Gasteiger partial charge is 0.274 e. The lowest BCUT2D eigenvalue weighted by atomic mass is 10.0. The average Bonchev–Trinajstić information content (AvgIpc) is 2.42. The Balaban J connectivity index is 0. The SMILES string of the molecule is CCCCCCCCCCCCCCC(C)C.NN. The molecule has 0 aromatic rings. The molecule has 0 saturated carbocycles. The lowest BCUT2D eigenvalue weighted by Crippen LogP contribution is -2.02. The Bertz CT molecular complexity index is 135. The fraction of sp³-hybridized carbons (Fsp3) is 1.00. The molecular formula is C17H40N2. The van der Waals surface area contributed by atoms with Gasteiger partial charge in [0.05, 0.1) is 0 Å². The lowest BCUT2D eigenvalue weighted by Gasteiger charge is -2.04. The van der Waals surface area contributed by atoms with Gasteiger partial charge in [-0.1, -0.05) is 104 Å². The highest BCUT2D eigenvalue weighted by Crippen LogP contribution is 2.13. The van der Waals surface area contributed by atoms with Crippen LogP contribution < -0.4 is 11.7 Å². The summed E-state index contributed by atoms with van der Waals surface area (Å²) in [5, 5.41) is 0. The van der Waals surface area contributed by atoms with E-state index >= 15 is 0 Å². The minimum atomic E-state index is 0.901. The van der Waals surface area contributed by atoms with Crippen LogP contribution >= 0.6 is 0 Å². The molecule has 0 amide bonds. The van der Waals surface area contributed by atoms with Crippen molar-refractivity contribution >= 4 is 0 Å². The van der Waals surface area contributed by atoms with E-state index in [1.54, 1.807) is 0 Å². The Kier molecular flexibility index (Phi) is 22.6. The Hall–Kier alpha value is -0.0800. The summed E-state index contributed by atoms with van der Waals surface area (Å²) in [6.45, 7) is 6.95.